The van der Waals surface area contributed by atoms with Crippen LogP contribution in [0.25, 0.3) is 0 Å². The van der Waals surface area contributed by atoms with Crippen molar-refractivity contribution < 1.29 is 14.3 Å². The summed E-state index contributed by atoms with van der Waals surface area (Å²) in [5, 5.41) is 0. The molecule has 4 nitrogen and oxygen atoms in total. The number of ether oxygens (including phenoxy) is 2. The fourth-order valence-corrected chi connectivity index (χ4v) is 6.99. The molecule has 0 radical (unpaired) electrons. The summed E-state index contributed by atoms with van der Waals surface area (Å²) in [7, 11) is 0. The molecule has 3 heterocycles. The lowest BCUT2D eigenvalue weighted by Crippen LogP contribution is -2.58. The van der Waals surface area contributed by atoms with Gasteiger partial charge >= 0.3 is 5.97 Å². The van der Waals surface area contributed by atoms with Gasteiger partial charge in [0.2, 0.25) is 0 Å². The highest BCUT2D eigenvalue weighted by Gasteiger charge is 2.77. The van der Waals surface area contributed by atoms with E-state index >= 15 is 0 Å². The maximum atomic E-state index is 13.0. The Hall–Kier alpha value is -0.610. The van der Waals surface area contributed by atoms with Gasteiger partial charge in [-0.2, -0.15) is 0 Å². The average Bonchev–Trinajstić information content (AvgIpc) is 3.19. The molecule has 2 aliphatic carbocycles. The number of carbonyl (C=O) groups is 1. The van der Waals surface area contributed by atoms with Crippen molar-refractivity contribution in [1.82, 2.24) is 4.90 Å². The molecule has 25 heavy (non-hydrogen) atoms. The minimum atomic E-state index is -0.312. The lowest BCUT2D eigenvalue weighted by atomic mass is 9.55. The normalized spacial score (nSPS) is 55.1. The third-order valence-corrected chi connectivity index (χ3v) is 8.29. The van der Waals surface area contributed by atoms with Crippen molar-refractivity contribution in [2.24, 2.45) is 29.6 Å². The van der Waals surface area contributed by atoms with E-state index in [0.29, 0.717) is 17.8 Å². The molecule has 0 unspecified atom stereocenters. The van der Waals surface area contributed by atoms with Crippen LogP contribution in [0.5, 0.6) is 0 Å². The van der Waals surface area contributed by atoms with Crippen LogP contribution in [0, 0.1) is 29.6 Å². The van der Waals surface area contributed by atoms with Gasteiger partial charge in [-0.15, -0.1) is 0 Å². The predicted molar refractivity (Wildman–Crippen MR) is 95.0 cm³/mol. The average molecular weight is 347 g/mol. The van der Waals surface area contributed by atoms with Crippen LogP contribution in [0.4, 0.5) is 0 Å². The van der Waals surface area contributed by atoms with E-state index in [1.54, 1.807) is 0 Å². The largest absolute Gasteiger partial charge is 0.455 e. The number of hydrogen-bond donors (Lipinski definition) is 0. The third-order valence-electron chi connectivity index (χ3n) is 8.29. The van der Waals surface area contributed by atoms with E-state index in [0.717, 1.165) is 44.8 Å². The quantitative estimate of drug-likeness (QED) is 0.568. The summed E-state index contributed by atoms with van der Waals surface area (Å²) < 4.78 is 12.5. The van der Waals surface area contributed by atoms with Gasteiger partial charge in [-0.3, -0.25) is 4.79 Å². The number of fused-ring (bicyclic) bond motifs is 1. The molecule has 3 aliphatic heterocycles. The Morgan fingerprint density at radius 2 is 2.00 bits per heavy atom. The lowest BCUT2D eigenvalue weighted by molar-refractivity contribution is -0.168. The van der Waals surface area contributed by atoms with E-state index in [-0.39, 0.29) is 29.2 Å². The number of epoxide rings is 1. The molecule has 0 amide bonds. The van der Waals surface area contributed by atoms with Crippen molar-refractivity contribution in [3.63, 3.8) is 0 Å². The number of nitrogens with zero attached hydrogens (tertiary/aromatic N) is 1. The van der Waals surface area contributed by atoms with Crippen molar-refractivity contribution in [3.8, 4) is 0 Å². The van der Waals surface area contributed by atoms with Crippen LogP contribution in [-0.4, -0.2) is 47.8 Å². The second-order valence-corrected chi connectivity index (χ2v) is 10.0. The van der Waals surface area contributed by atoms with E-state index in [4.69, 9.17) is 9.47 Å². The van der Waals surface area contributed by atoms with Crippen molar-refractivity contribution in [1.29, 1.82) is 0 Å². The topological polar surface area (TPSA) is 42.1 Å². The molecule has 5 rings (SSSR count). The first kappa shape index (κ1) is 16.6. The summed E-state index contributed by atoms with van der Waals surface area (Å²) in [5.74, 6) is 2.40. The summed E-state index contributed by atoms with van der Waals surface area (Å²) in [6, 6.07) is 0. The van der Waals surface area contributed by atoms with E-state index in [9.17, 15) is 4.79 Å². The van der Waals surface area contributed by atoms with Gasteiger partial charge < -0.3 is 14.4 Å². The summed E-state index contributed by atoms with van der Waals surface area (Å²) in [4.78, 5) is 15.5. The highest BCUT2D eigenvalue weighted by Crippen LogP contribution is 2.66. The number of piperidine rings is 1. The van der Waals surface area contributed by atoms with E-state index in [2.05, 4.69) is 25.7 Å². The van der Waals surface area contributed by atoms with E-state index in [1.165, 1.54) is 19.3 Å². The standard InChI is InChI=1S/C21H33NO3/c1-13-5-4-10-22(11-13)12-15-17-7-6-14(2)16-8-9-20(3)19(25-20)21(16,17)24-18(15)23/h13-17,19H,4-12H2,1-3H3/t13-,14+,15-,16-,17-,19+,20+,21+/m0/s1. The summed E-state index contributed by atoms with van der Waals surface area (Å²) in [5.41, 5.74) is -0.339. The zero-order valence-corrected chi connectivity index (χ0v) is 16.0. The predicted octanol–water partition coefficient (Wildman–Crippen LogP) is 3.24. The first-order valence-electron chi connectivity index (χ1n) is 10.6. The minimum Gasteiger partial charge on any atom is -0.455 e. The van der Waals surface area contributed by atoms with Gasteiger partial charge in [0.1, 0.15) is 11.7 Å². The number of hydrogen-bond acceptors (Lipinski definition) is 4. The molecule has 0 aromatic heterocycles. The molecule has 140 valence electrons. The Morgan fingerprint density at radius 1 is 1.16 bits per heavy atom. The molecule has 0 bridgehead atoms. The van der Waals surface area contributed by atoms with Gasteiger partial charge in [0.05, 0.1) is 11.5 Å². The fraction of sp³-hybridized carbons (Fsp3) is 0.952. The molecule has 5 aliphatic rings. The molecule has 2 saturated carbocycles. The first-order chi connectivity index (χ1) is 11.9. The van der Waals surface area contributed by atoms with Crippen molar-refractivity contribution in [3.05, 3.63) is 0 Å². The van der Waals surface area contributed by atoms with Crippen LogP contribution in [0.2, 0.25) is 0 Å². The highest BCUT2D eigenvalue weighted by atomic mass is 16.7. The van der Waals surface area contributed by atoms with Crippen molar-refractivity contribution >= 4 is 5.97 Å². The molecule has 0 N–H and O–H groups in total. The summed E-state index contributed by atoms with van der Waals surface area (Å²) in [6.45, 7) is 10.1. The summed E-state index contributed by atoms with van der Waals surface area (Å²) in [6.07, 6.45) is 7.41. The first-order valence-corrected chi connectivity index (χ1v) is 10.6. The van der Waals surface area contributed by atoms with Crippen LogP contribution in [0.15, 0.2) is 0 Å². The molecule has 5 fully saturated rings. The maximum absolute atomic E-state index is 13.0. The zero-order chi connectivity index (χ0) is 17.4. The Labute approximate surface area is 151 Å². The number of carbonyl (C=O) groups excluding carboxylic acids is 1. The number of esters is 1. The molecule has 0 aromatic carbocycles. The van der Waals surface area contributed by atoms with Gasteiger partial charge in [-0.1, -0.05) is 13.8 Å². The van der Waals surface area contributed by atoms with Crippen molar-refractivity contribution in [2.75, 3.05) is 19.6 Å². The molecule has 3 saturated heterocycles. The molecular formula is C21H33NO3. The third kappa shape index (κ3) is 2.29. The van der Waals surface area contributed by atoms with Gasteiger partial charge in [0, 0.05) is 24.9 Å². The Balaban J connectivity index is 1.43. The van der Waals surface area contributed by atoms with E-state index in [1.807, 2.05) is 0 Å². The molecule has 1 spiro atoms. The second-order valence-electron chi connectivity index (χ2n) is 10.0. The monoisotopic (exact) mass is 347 g/mol. The van der Waals surface area contributed by atoms with Gasteiger partial charge in [-0.05, 0) is 63.8 Å². The lowest BCUT2D eigenvalue weighted by Gasteiger charge is -2.50. The molecular weight excluding hydrogens is 314 g/mol. The smallest absolute Gasteiger partial charge is 0.311 e. The van der Waals surface area contributed by atoms with Crippen LogP contribution >= 0.6 is 0 Å². The Kier molecular flexibility index (Phi) is 3.61. The molecule has 8 atom stereocenters. The molecule has 4 heteroatoms. The summed E-state index contributed by atoms with van der Waals surface area (Å²) >= 11 is 0. The Morgan fingerprint density at radius 3 is 2.80 bits per heavy atom. The molecule has 0 aromatic rings. The number of rotatable bonds is 2. The van der Waals surface area contributed by atoms with Gasteiger partial charge in [0.15, 0.2) is 0 Å². The van der Waals surface area contributed by atoms with Crippen LogP contribution in [-0.2, 0) is 14.3 Å². The maximum Gasteiger partial charge on any atom is 0.311 e. The zero-order valence-electron chi connectivity index (χ0n) is 16.0. The number of likely N-dealkylation sites (tertiary alicyclic amines) is 1. The minimum absolute atomic E-state index is 0.0272. The van der Waals surface area contributed by atoms with E-state index < -0.39 is 0 Å². The second kappa shape index (κ2) is 5.45. The fourth-order valence-electron chi connectivity index (χ4n) is 6.99. The van der Waals surface area contributed by atoms with Crippen LogP contribution in [0.1, 0.15) is 59.3 Å². The van der Waals surface area contributed by atoms with Gasteiger partial charge in [0.25, 0.3) is 0 Å². The Bertz CT molecular complexity index is 579. The SMILES string of the molecule is C[C@H]1CCCN(C[C@@H]2C(=O)O[C@@]34[C@@H](CC[C@@]5(C)O[C@@H]35)[C@H](C)CC[C@@H]24)C1. The highest BCUT2D eigenvalue weighted by molar-refractivity contribution is 5.77. The van der Waals surface area contributed by atoms with Crippen molar-refractivity contribution in [2.45, 2.75) is 76.6 Å². The van der Waals surface area contributed by atoms with Crippen LogP contribution < -0.4 is 0 Å². The van der Waals surface area contributed by atoms with Gasteiger partial charge in [-0.25, -0.2) is 0 Å². The van der Waals surface area contributed by atoms with Crippen LogP contribution in [0.3, 0.4) is 0 Å².